The fourth-order valence-corrected chi connectivity index (χ4v) is 3.58. The zero-order chi connectivity index (χ0) is 22.5. The minimum Gasteiger partial charge on any atom is -0.494 e. The van der Waals surface area contributed by atoms with Crippen LogP contribution in [0.4, 0.5) is 0 Å². The Morgan fingerprint density at radius 3 is 2.66 bits per heavy atom. The SMILES string of the molecule is CCOc1ccc(-c2cc3c(=O)n(CCC(=O)NCc4ccccc4Cl)ccn3n2)cc1. The van der Waals surface area contributed by atoms with Gasteiger partial charge in [-0.3, -0.25) is 9.59 Å². The average Bonchev–Trinajstić information content (AvgIpc) is 3.24. The van der Waals surface area contributed by atoms with Gasteiger partial charge in [0.2, 0.25) is 5.91 Å². The largest absolute Gasteiger partial charge is 0.494 e. The number of halogens is 1. The molecule has 0 aliphatic heterocycles. The van der Waals surface area contributed by atoms with Gasteiger partial charge in [-0.05, 0) is 48.9 Å². The topological polar surface area (TPSA) is 77.6 Å². The van der Waals surface area contributed by atoms with Crippen molar-refractivity contribution in [1.82, 2.24) is 19.5 Å². The van der Waals surface area contributed by atoms with Crippen LogP contribution in [-0.4, -0.2) is 26.7 Å². The first kappa shape index (κ1) is 21.6. The number of nitrogens with one attached hydrogen (secondary N) is 1. The van der Waals surface area contributed by atoms with E-state index in [-0.39, 0.29) is 24.4 Å². The maximum Gasteiger partial charge on any atom is 0.276 e. The van der Waals surface area contributed by atoms with E-state index in [4.69, 9.17) is 16.3 Å². The third kappa shape index (κ3) is 4.84. The molecule has 0 aliphatic carbocycles. The Kier molecular flexibility index (Phi) is 6.56. The lowest BCUT2D eigenvalue weighted by Crippen LogP contribution is -2.27. The van der Waals surface area contributed by atoms with Gasteiger partial charge in [0.25, 0.3) is 5.56 Å². The summed E-state index contributed by atoms with van der Waals surface area (Å²) < 4.78 is 8.55. The van der Waals surface area contributed by atoms with Crippen molar-refractivity contribution in [1.29, 1.82) is 0 Å². The van der Waals surface area contributed by atoms with Gasteiger partial charge >= 0.3 is 0 Å². The zero-order valence-electron chi connectivity index (χ0n) is 17.6. The van der Waals surface area contributed by atoms with Crippen LogP contribution in [-0.2, 0) is 17.9 Å². The standard InChI is InChI=1S/C24H23ClN4O3/c1-2-32-19-9-7-17(8-10-19)21-15-22-24(31)28(13-14-29(22)27-21)12-11-23(30)26-16-18-5-3-4-6-20(18)25/h3-10,13-15H,2,11-12,16H2,1H3,(H,26,30). The average molecular weight is 451 g/mol. The molecule has 0 spiro atoms. The molecule has 1 amide bonds. The minimum atomic E-state index is -0.198. The molecule has 2 aromatic carbocycles. The molecule has 8 heteroatoms. The van der Waals surface area contributed by atoms with Gasteiger partial charge in [-0.25, -0.2) is 4.52 Å². The zero-order valence-corrected chi connectivity index (χ0v) is 18.4. The third-order valence-electron chi connectivity index (χ3n) is 5.08. The lowest BCUT2D eigenvalue weighted by atomic mass is 10.1. The predicted molar refractivity (Wildman–Crippen MR) is 124 cm³/mol. The summed E-state index contributed by atoms with van der Waals surface area (Å²) in [5.74, 6) is 0.635. The van der Waals surface area contributed by atoms with Crippen LogP contribution in [0.15, 0.2) is 71.8 Å². The summed E-state index contributed by atoms with van der Waals surface area (Å²) in [6.45, 7) is 3.16. The van der Waals surface area contributed by atoms with Crippen molar-refractivity contribution in [2.75, 3.05) is 6.61 Å². The van der Waals surface area contributed by atoms with Gasteiger partial charge in [0.1, 0.15) is 11.3 Å². The van der Waals surface area contributed by atoms with Gasteiger partial charge < -0.3 is 14.6 Å². The quantitative estimate of drug-likeness (QED) is 0.441. The number of rotatable bonds is 8. The van der Waals surface area contributed by atoms with Gasteiger partial charge in [0, 0.05) is 42.5 Å². The molecule has 32 heavy (non-hydrogen) atoms. The van der Waals surface area contributed by atoms with E-state index in [0.717, 1.165) is 16.9 Å². The Labute approximate surface area is 190 Å². The molecule has 0 saturated carbocycles. The summed E-state index contributed by atoms with van der Waals surface area (Å²) in [4.78, 5) is 25.1. The molecule has 0 aliphatic rings. The molecule has 0 unspecified atom stereocenters. The van der Waals surface area contributed by atoms with E-state index in [1.807, 2.05) is 49.4 Å². The predicted octanol–water partition coefficient (Wildman–Crippen LogP) is 3.92. The van der Waals surface area contributed by atoms with Crippen molar-refractivity contribution < 1.29 is 9.53 Å². The Bertz CT molecular complexity index is 1290. The molecule has 1 N–H and O–H groups in total. The summed E-state index contributed by atoms with van der Waals surface area (Å²) in [6, 6.07) is 16.7. The van der Waals surface area contributed by atoms with E-state index in [1.165, 1.54) is 4.57 Å². The number of aryl methyl sites for hydroxylation is 1. The highest BCUT2D eigenvalue weighted by Gasteiger charge is 2.11. The van der Waals surface area contributed by atoms with Gasteiger partial charge in [-0.15, -0.1) is 0 Å². The second-order valence-corrected chi connectivity index (χ2v) is 7.64. The summed E-state index contributed by atoms with van der Waals surface area (Å²) in [7, 11) is 0. The molecular weight excluding hydrogens is 428 g/mol. The number of carbonyl (C=O) groups excluding carboxylic acids is 1. The van der Waals surface area contributed by atoms with E-state index < -0.39 is 0 Å². The molecule has 2 aromatic heterocycles. The number of benzene rings is 2. The van der Waals surface area contributed by atoms with E-state index in [1.54, 1.807) is 29.0 Å². The lowest BCUT2D eigenvalue weighted by molar-refractivity contribution is -0.121. The van der Waals surface area contributed by atoms with E-state index in [0.29, 0.717) is 29.4 Å². The molecule has 0 saturated heterocycles. The summed E-state index contributed by atoms with van der Waals surface area (Å²) >= 11 is 6.11. The normalized spacial score (nSPS) is 10.9. The van der Waals surface area contributed by atoms with Crippen molar-refractivity contribution in [3.8, 4) is 17.0 Å². The molecule has 7 nitrogen and oxygen atoms in total. The molecule has 0 atom stereocenters. The number of nitrogens with zero attached hydrogens (tertiary/aromatic N) is 3. The number of amides is 1. The summed E-state index contributed by atoms with van der Waals surface area (Å²) in [5, 5.41) is 7.95. The van der Waals surface area contributed by atoms with E-state index in [9.17, 15) is 9.59 Å². The van der Waals surface area contributed by atoms with Crippen molar-refractivity contribution in [3.05, 3.63) is 87.9 Å². The number of carbonyl (C=O) groups is 1. The number of hydrogen-bond acceptors (Lipinski definition) is 4. The third-order valence-corrected chi connectivity index (χ3v) is 5.45. The molecule has 4 rings (SSSR count). The van der Waals surface area contributed by atoms with Crippen molar-refractivity contribution >= 4 is 23.0 Å². The van der Waals surface area contributed by atoms with Crippen LogP contribution in [0.25, 0.3) is 16.8 Å². The minimum absolute atomic E-state index is 0.153. The molecular formula is C24H23ClN4O3. The number of hydrogen-bond donors (Lipinski definition) is 1. The van der Waals surface area contributed by atoms with Gasteiger partial charge in [0.15, 0.2) is 0 Å². The van der Waals surface area contributed by atoms with Crippen molar-refractivity contribution in [2.45, 2.75) is 26.4 Å². The summed E-state index contributed by atoms with van der Waals surface area (Å²) in [6.07, 6.45) is 3.54. The second-order valence-electron chi connectivity index (χ2n) is 7.23. The highest BCUT2D eigenvalue weighted by atomic mass is 35.5. The summed E-state index contributed by atoms with van der Waals surface area (Å²) in [5.41, 5.74) is 2.69. The smallest absolute Gasteiger partial charge is 0.276 e. The fraction of sp³-hybridized carbons (Fsp3) is 0.208. The van der Waals surface area contributed by atoms with E-state index in [2.05, 4.69) is 10.4 Å². The van der Waals surface area contributed by atoms with E-state index >= 15 is 0 Å². The monoisotopic (exact) mass is 450 g/mol. The van der Waals surface area contributed by atoms with Crippen molar-refractivity contribution in [3.63, 3.8) is 0 Å². The Hall–Kier alpha value is -3.58. The Balaban J connectivity index is 1.43. The maximum atomic E-state index is 12.9. The highest BCUT2D eigenvalue weighted by molar-refractivity contribution is 6.31. The van der Waals surface area contributed by atoms with Crippen LogP contribution in [0.3, 0.4) is 0 Å². The van der Waals surface area contributed by atoms with Crippen LogP contribution in [0.2, 0.25) is 5.02 Å². The molecule has 0 radical (unpaired) electrons. The van der Waals surface area contributed by atoms with Gasteiger partial charge in [-0.1, -0.05) is 29.8 Å². The van der Waals surface area contributed by atoms with Gasteiger partial charge in [-0.2, -0.15) is 5.10 Å². The Morgan fingerprint density at radius 1 is 1.12 bits per heavy atom. The first-order chi connectivity index (χ1) is 15.5. The van der Waals surface area contributed by atoms with Crippen LogP contribution < -0.4 is 15.6 Å². The van der Waals surface area contributed by atoms with Crippen LogP contribution in [0, 0.1) is 0 Å². The molecule has 4 aromatic rings. The highest BCUT2D eigenvalue weighted by Crippen LogP contribution is 2.22. The van der Waals surface area contributed by atoms with Gasteiger partial charge in [0.05, 0.1) is 12.3 Å². The Morgan fingerprint density at radius 2 is 1.91 bits per heavy atom. The van der Waals surface area contributed by atoms with Crippen LogP contribution in [0.1, 0.15) is 18.9 Å². The molecule has 0 bridgehead atoms. The first-order valence-electron chi connectivity index (χ1n) is 10.4. The molecule has 164 valence electrons. The molecule has 2 heterocycles. The number of fused-ring (bicyclic) bond motifs is 1. The molecule has 0 fully saturated rings. The lowest BCUT2D eigenvalue weighted by Gasteiger charge is -2.08. The number of ether oxygens (including phenoxy) is 1. The van der Waals surface area contributed by atoms with Crippen molar-refractivity contribution in [2.24, 2.45) is 0 Å². The number of aromatic nitrogens is 3. The first-order valence-corrected chi connectivity index (χ1v) is 10.7. The maximum absolute atomic E-state index is 12.9. The fourth-order valence-electron chi connectivity index (χ4n) is 3.38. The van der Waals surface area contributed by atoms with Crippen LogP contribution >= 0.6 is 11.6 Å². The second kappa shape index (κ2) is 9.70. The van der Waals surface area contributed by atoms with Crippen LogP contribution in [0.5, 0.6) is 5.75 Å².